The molecule has 2 fully saturated rings. The molecule has 2 saturated carbocycles. The molecule has 0 saturated heterocycles. The highest BCUT2D eigenvalue weighted by atomic mass is 16.5. The molecule has 2 nitrogen and oxygen atoms in total. The van der Waals surface area contributed by atoms with Crippen LogP contribution >= 0.6 is 0 Å². The molecule has 19 heavy (non-hydrogen) atoms. The minimum atomic E-state index is -0.134. The van der Waals surface area contributed by atoms with Gasteiger partial charge in [0.25, 0.3) is 0 Å². The van der Waals surface area contributed by atoms with Gasteiger partial charge in [0.05, 0.1) is 6.61 Å². The summed E-state index contributed by atoms with van der Waals surface area (Å²) in [5.74, 6) is 0.405. The summed E-state index contributed by atoms with van der Waals surface area (Å²) in [7, 11) is 0. The van der Waals surface area contributed by atoms with Gasteiger partial charge in [-0.25, -0.2) is 0 Å². The molecule has 3 rings (SSSR count). The van der Waals surface area contributed by atoms with Gasteiger partial charge in [-0.2, -0.15) is 0 Å². The van der Waals surface area contributed by atoms with Gasteiger partial charge in [0, 0.05) is 18.3 Å². The predicted molar refractivity (Wildman–Crippen MR) is 75.6 cm³/mol. The van der Waals surface area contributed by atoms with Gasteiger partial charge in [-0.15, -0.1) is 0 Å². The molecule has 3 atom stereocenters. The van der Waals surface area contributed by atoms with Crippen LogP contribution in [-0.4, -0.2) is 12.6 Å². The summed E-state index contributed by atoms with van der Waals surface area (Å²) in [5, 5.41) is 0. The number of rotatable bonds is 2. The molecule has 0 spiro atoms. The molecule has 3 aliphatic carbocycles. The molecule has 0 aromatic heterocycles. The molecule has 0 amide bonds. The number of esters is 1. The fraction of sp³-hybridized carbons (Fsp3) is 0.824. The number of hydrogen-bond donors (Lipinski definition) is 0. The van der Waals surface area contributed by atoms with Crippen LogP contribution in [0.5, 0.6) is 0 Å². The normalized spacial score (nSPS) is 42.7. The van der Waals surface area contributed by atoms with E-state index in [0.717, 1.165) is 0 Å². The zero-order valence-electron chi connectivity index (χ0n) is 12.7. The Morgan fingerprint density at radius 1 is 1.37 bits per heavy atom. The Labute approximate surface area is 116 Å². The first-order valence-corrected chi connectivity index (χ1v) is 7.69. The van der Waals surface area contributed by atoms with Crippen molar-refractivity contribution in [2.75, 3.05) is 6.61 Å². The number of carbonyl (C=O) groups is 1. The monoisotopic (exact) mass is 262 g/mol. The number of carbonyl (C=O) groups excluding carboxylic acids is 1. The summed E-state index contributed by atoms with van der Waals surface area (Å²) >= 11 is 0. The average molecular weight is 262 g/mol. The van der Waals surface area contributed by atoms with Crippen LogP contribution in [0.25, 0.3) is 0 Å². The van der Waals surface area contributed by atoms with E-state index in [1.807, 2.05) is 0 Å². The lowest BCUT2D eigenvalue weighted by molar-refractivity contribution is -0.143. The van der Waals surface area contributed by atoms with E-state index in [-0.39, 0.29) is 5.97 Å². The Morgan fingerprint density at radius 2 is 2.11 bits per heavy atom. The van der Waals surface area contributed by atoms with Crippen LogP contribution < -0.4 is 0 Å². The molecule has 0 radical (unpaired) electrons. The molecule has 0 aromatic rings. The smallest absolute Gasteiger partial charge is 0.302 e. The zero-order chi connectivity index (χ0) is 13.9. The molecule has 0 N–H and O–H groups in total. The van der Waals surface area contributed by atoms with Crippen LogP contribution in [-0.2, 0) is 9.53 Å². The maximum atomic E-state index is 11.2. The van der Waals surface area contributed by atoms with Crippen LogP contribution in [0.4, 0.5) is 0 Å². The van der Waals surface area contributed by atoms with E-state index in [1.54, 1.807) is 5.57 Å². The van der Waals surface area contributed by atoms with Gasteiger partial charge in [-0.05, 0) is 43.4 Å². The van der Waals surface area contributed by atoms with Gasteiger partial charge in [0.15, 0.2) is 0 Å². The molecular weight excluding hydrogens is 236 g/mol. The summed E-state index contributed by atoms with van der Waals surface area (Å²) in [5.41, 5.74) is 2.64. The molecule has 106 valence electrons. The van der Waals surface area contributed by atoms with Crippen molar-refractivity contribution in [1.82, 2.24) is 0 Å². The summed E-state index contributed by atoms with van der Waals surface area (Å²) < 4.78 is 5.38. The van der Waals surface area contributed by atoms with Crippen molar-refractivity contribution in [3.05, 3.63) is 11.6 Å². The summed E-state index contributed by atoms with van der Waals surface area (Å²) in [4.78, 5) is 11.2. The van der Waals surface area contributed by atoms with E-state index in [0.29, 0.717) is 28.8 Å². The molecule has 0 aliphatic heterocycles. The van der Waals surface area contributed by atoms with E-state index >= 15 is 0 Å². The first kappa shape index (κ1) is 13.2. The van der Waals surface area contributed by atoms with Gasteiger partial charge in [0.1, 0.15) is 0 Å². The highest BCUT2D eigenvalue weighted by Gasteiger charge is 2.70. The van der Waals surface area contributed by atoms with Crippen LogP contribution in [0.2, 0.25) is 0 Å². The molecule has 3 aliphatic rings. The first-order chi connectivity index (χ1) is 8.86. The van der Waals surface area contributed by atoms with Gasteiger partial charge >= 0.3 is 5.97 Å². The van der Waals surface area contributed by atoms with Crippen molar-refractivity contribution >= 4 is 5.97 Å². The molecular formula is C17H26O2. The van der Waals surface area contributed by atoms with Crippen LogP contribution in [0.1, 0.15) is 59.8 Å². The Hall–Kier alpha value is -0.790. The summed E-state index contributed by atoms with van der Waals surface area (Å²) in [6.07, 6.45) is 9.04. The first-order valence-electron chi connectivity index (χ1n) is 7.69. The standard InChI is InChI=1S/C17H26O2/c1-12-10-15(3,4)16-7-5-8-17(12,16)14(6-9-16)11-19-13(2)18/h10,14H,5-9,11H2,1-4H3. The number of allylic oxidation sites excluding steroid dienone is 2. The molecule has 3 unspecified atom stereocenters. The Balaban J connectivity index is 1.98. The van der Waals surface area contributed by atoms with Gasteiger partial charge in [0.2, 0.25) is 0 Å². The minimum absolute atomic E-state index is 0.134. The zero-order valence-corrected chi connectivity index (χ0v) is 12.7. The fourth-order valence-corrected chi connectivity index (χ4v) is 6.11. The Kier molecular flexibility index (Phi) is 2.69. The lowest BCUT2D eigenvalue weighted by atomic mass is 9.57. The molecule has 2 heteroatoms. The van der Waals surface area contributed by atoms with Crippen molar-refractivity contribution in [1.29, 1.82) is 0 Å². The number of hydrogen-bond acceptors (Lipinski definition) is 2. The van der Waals surface area contributed by atoms with E-state index in [2.05, 4.69) is 26.8 Å². The van der Waals surface area contributed by atoms with Crippen molar-refractivity contribution in [2.24, 2.45) is 22.2 Å². The maximum absolute atomic E-state index is 11.2. The van der Waals surface area contributed by atoms with Crippen LogP contribution in [0.3, 0.4) is 0 Å². The van der Waals surface area contributed by atoms with Gasteiger partial charge in [-0.1, -0.05) is 31.9 Å². The second kappa shape index (κ2) is 3.86. The minimum Gasteiger partial charge on any atom is -0.466 e. The fourth-order valence-electron chi connectivity index (χ4n) is 6.11. The largest absolute Gasteiger partial charge is 0.466 e. The Bertz CT molecular complexity index is 448. The van der Waals surface area contributed by atoms with Gasteiger partial charge in [-0.3, -0.25) is 4.79 Å². The molecule has 0 aromatic carbocycles. The number of ether oxygens (including phenoxy) is 1. The van der Waals surface area contributed by atoms with E-state index in [4.69, 9.17) is 4.74 Å². The van der Waals surface area contributed by atoms with Crippen molar-refractivity contribution in [2.45, 2.75) is 59.8 Å². The average Bonchev–Trinajstić information content (AvgIpc) is 2.85. The highest BCUT2D eigenvalue weighted by molar-refractivity contribution is 5.65. The van der Waals surface area contributed by atoms with Gasteiger partial charge < -0.3 is 4.74 Å². The molecule has 0 heterocycles. The maximum Gasteiger partial charge on any atom is 0.302 e. The van der Waals surface area contributed by atoms with Crippen molar-refractivity contribution < 1.29 is 9.53 Å². The topological polar surface area (TPSA) is 26.3 Å². The highest BCUT2D eigenvalue weighted by Crippen LogP contribution is 2.78. The molecule has 0 bridgehead atoms. The van der Waals surface area contributed by atoms with E-state index < -0.39 is 0 Å². The SMILES string of the molecule is CC(=O)OCC1CCC23CCCC12C(C)=CC3(C)C. The Morgan fingerprint density at radius 3 is 2.79 bits per heavy atom. The summed E-state index contributed by atoms with van der Waals surface area (Å²) in [6, 6.07) is 0. The van der Waals surface area contributed by atoms with Crippen molar-refractivity contribution in [3.63, 3.8) is 0 Å². The third-order valence-corrected chi connectivity index (χ3v) is 6.65. The van der Waals surface area contributed by atoms with Crippen LogP contribution in [0, 0.1) is 22.2 Å². The van der Waals surface area contributed by atoms with E-state index in [9.17, 15) is 4.79 Å². The summed E-state index contributed by atoms with van der Waals surface area (Å²) in [6.45, 7) is 9.30. The quantitative estimate of drug-likeness (QED) is 0.553. The van der Waals surface area contributed by atoms with E-state index in [1.165, 1.54) is 39.0 Å². The predicted octanol–water partition coefficient (Wildman–Crippen LogP) is 4.10. The lowest BCUT2D eigenvalue weighted by Crippen LogP contribution is -2.42. The third kappa shape index (κ3) is 1.41. The third-order valence-electron chi connectivity index (χ3n) is 6.65. The lowest BCUT2D eigenvalue weighted by Gasteiger charge is -2.47. The second-order valence-corrected chi connectivity index (χ2v) is 7.49. The van der Waals surface area contributed by atoms with Crippen molar-refractivity contribution in [3.8, 4) is 0 Å². The van der Waals surface area contributed by atoms with Crippen LogP contribution in [0.15, 0.2) is 11.6 Å². The second-order valence-electron chi connectivity index (χ2n) is 7.49.